The monoisotopic (exact) mass is 577 g/mol. The number of likely N-dealkylation sites (tertiary alicyclic amines) is 1. The third-order valence-corrected chi connectivity index (χ3v) is 6.65. The van der Waals surface area contributed by atoms with Crippen LogP contribution in [0.4, 0.5) is 18.9 Å². The van der Waals surface area contributed by atoms with Crippen molar-refractivity contribution in [1.29, 1.82) is 0 Å². The molecule has 0 unspecified atom stereocenters. The number of aromatic carboxylic acids is 1. The van der Waals surface area contributed by atoms with Crippen molar-refractivity contribution in [2.45, 2.75) is 32.5 Å². The molecule has 2 fully saturated rings. The number of rotatable bonds is 6. The lowest BCUT2D eigenvalue weighted by molar-refractivity contribution is -0.192. The molecule has 0 atom stereocenters. The van der Waals surface area contributed by atoms with Gasteiger partial charge in [-0.15, -0.1) is 0 Å². The quantitative estimate of drug-likeness (QED) is 0.352. The van der Waals surface area contributed by atoms with E-state index in [9.17, 15) is 22.8 Å². The molecule has 10 nitrogen and oxygen atoms in total. The number of carbonyl (C=O) groups excluding carboxylic acids is 1. The Morgan fingerprint density at radius 2 is 1.41 bits per heavy atom. The van der Waals surface area contributed by atoms with E-state index in [0.717, 1.165) is 69.3 Å². The highest BCUT2D eigenvalue weighted by Gasteiger charge is 2.38. The number of carboxylic acids is 2. The van der Waals surface area contributed by atoms with Gasteiger partial charge in [0.1, 0.15) is 0 Å². The molecular formula is C28H34F3N5O5. The molecule has 222 valence electrons. The Morgan fingerprint density at radius 3 is 1.93 bits per heavy atom. The number of aliphatic imine (C=N–C) groups is 1. The van der Waals surface area contributed by atoms with Crippen LogP contribution in [0.5, 0.6) is 0 Å². The van der Waals surface area contributed by atoms with Crippen LogP contribution >= 0.6 is 0 Å². The molecule has 2 heterocycles. The van der Waals surface area contributed by atoms with E-state index >= 15 is 0 Å². The summed E-state index contributed by atoms with van der Waals surface area (Å²) in [5.41, 5.74) is 3.38. The maximum atomic E-state index is 12.5. The maximum absolute atomic E-state index is 12.5. The molecule has 41 heavy (non-hydrogen) atoms. The van der Waals surface area contributed by atoms with Crippen LogP contribution < -0.4 is 5.32 Å². The van der Waals surface area contributed by atoms with E-state index in [1.54, 1.807) is 24.3 Å². The van der Waals surface area contributed by atoms with Crippen molar-refractivity contribution in [2.24, 2.45) is 4.99 Å². The van der Waals surface area contributed by atoms with Crippen molar-refractivity contribution < 1.29 is 37.8 Å². The Balaban J connectivity index is 0.000000587. The summed E-state index contributed by atoms with van der Waals surface area (Å²) in [5.74, 6) is -2.71. The average Bonchev–Trinajstić information content (AvgIpc) is 3.48. The van der Waals surface area contributed by atoms with Gasteiger partial charge in [0.05, 0.1) is 18.7 Å². The molecule has 0 aliphatic carbocycles. The van der Waals surface area contributed by atoms with Crippen molar-refractivity contribution >= 4 is 29.5 Å². The van der Waals surface area contributed by atoms with Gasteiger partial charge >= 0.3 is 18.1 Å². The second kappa shape index (κ2) is 14.5. The minimum Gasteiger partial charge on any atom is -0.478 e. The molecule has 2 aromatic rings. The van der Waals surface area contributed by atoms with Crippen molar-refractivity contribution in [3.05, 3.63) is 65.2 Å². The standard InChI is InChI=1S/C26H33N5O3.C2HF3O2/c1-20-4-6-21(7-5-20)18-27-26(28-23-10-8-22(9-11-23)25(33)34)31-16-14-29(15-17-31)19-24(32)30-12-2-3-13-30;3-2(4,5)1(6)7/h4-11H,2-3,12-19H2,1H3,(H,27,28)(H,33,34);(H,6,7). The van der Waals surface area contributed by atoms with Crippen LogP contribution in [0.25, 0.3) is 0 Å². The van der Waals surface area contributed by atoms with E-state index in [0.29, 0.717) is 13.1 Å². The van der Waals surface area contributed by atoms with Crippen molar-refractivity contribution in [3.8, 4) is 0 Å². The van der Waals surface area contributed by atoms with Gasteiger partial charge in [0.15, 0.2) is 5.96 Å². The van der Waals surface area contributed by atoms with Gasteiger partial charge in [-0.2, -0.15) is 13.2 Å². The highest BCUT2D eigenvalue weighted by atomic mass is 19.4. The molecule has 2 aliphatic rings. The lowest BCUT2D eigenvalue weighted by Gasteiger charge is -2.36. The SMILES string of the molecule is Cc1ccc(CN=C(Nc2ccc(C(=O)O)cc2)N2CCN(CC(=O)N3CCCC3)CC2)cc1.O=C(O)C(F)(F)F. The number of carboxylic acid groups (broad SMARTS) is 2. The van der Waals surface area contributed by atoms with Crippen LogP contribution in [0, 0.1) is 6.92 Å². The number of halogens is 3. The minimum absolute atomic E-state index is 0.232. The topological polar surface area (TPSA) is 126 Å². The fourth-order valence-electron chi connectivity index (χ4n) is 4.28. The third kappa shape index (κ3) is 10.1. The van der Waals surface area contributed by atoms with Gasteiger partial charge in [0, 0.05) is 45.0 Å². The molecule has 0 bridgehead atoms. The number of alkyl halides is 3. The van der Waals surface area contributed by atoms with E-state index in [4.69, 9.17) is 20.0 Å². The molecule has 2 aromatic carbocycles. The molecule has 2 saturated heterocycles. The van der Waals surface area contributed by atoms with Crippen LogP contribution in [-0.4, -0.2) is 101 Å². The predicted octanol–water partition coefficient (Wildman–Crippen LogP) is 3.53. The smallest absolute Gasteiger partial charge is 0.478 e. The highest BCUT2D eigenvalue weighted by Crippen LogP contribution is 2.15. The van der Waals surface area contributed by atoms with Gasteiger partial charge in [-0.25, -0.2) is 14.6 Å². The van der Waals surface area contributed by atoms with Gasteiger partial charge in [-0.3, -0.25) is 9.69 Å². The van der Waals surface area contributed by atoms with Crippen LogP contribution in [-0.2, 0) is 16.1 Å². The molecule has 1 amide bonds. The third-order valence-electron chi connectivity index (χ3n) is 6.65. The Hall–Kier alpha value is -4.13. The molecule has 0 spiro atoms. The predicted molar refractivity (Wildman–Crippen MR) is 147 cm³/mol. The van der Waals surface area contributed by atoms with Gasteiger partial charge < -0.3 is 25.3 Å². The number of hydrogen-bond acceptors (Lipinski definition) is 5. The number of piperazine rings is 1. The van der Waals surface area contributed by atoms with Crippen LogP contribution in [0.2, 0.25) is 0 Å². The zero-order valence-electron chi connectivity index (χ0n) is 22.7. The Kier molecular flexibility index (Phi) is 11.1. The number of amides is 1. The molecular weight excluding hydrogens is 543 g/mol. The van der Waals surface area contributed by atoms with Crippen molar-refractivity contribution in [3.63, 3.8) is 0 Å². The molecule has 0 aromatic heterocycles. The highest BCUT2D eigenvalue weighted by molar-refractivity contribution is 5.94. The summed E-state index contributed by atoms with van der Waals surface area (Å²) in [6.07, 6.45) is -2.86. The number of carbonyl (C=O) groups is 3. The number of aryl methyl sites for hydroxylation is 1. The van der Waals surface area contributed by atoms with E-state index in [2.05, 4.69) is 46.3 Å². The van der Waals surface area contributed by atoms with E-state index in [1.165, 1.54) is 5.56 Å². The molecule has 13 heteroatoms. The molecule has 0 saturated carbocycles. The summed E-state index contributed by atoms with van der Waals surface area (Å²) in [5, 5.41) is 19.7. The zero-order chi connectivity index (χ0) is 30.0. The molecule has 0 radical (unpaired) electrons. The van der Waals surface area contributed by atoms with Gasteiger partial charge in [0.2, 0.25) is 5.91 Å². The second-order valence-corrected chi connectivity index (χ2v) is 9.79. The Bertz CT molecular complexity index is 1210. The average molecular weight is 578 g/mol. The lowest BCUT2D eigenvalue weighted by Crippen LogP contribution is -2.52. The molecule has 4 rings (SSSR count). The number of nitrogens with one attached hydrogen (secondary N) is 1. The first-order valence-corrected chi connectivity index (χ1v) is 13.2. The van der Waals surface area contributed by atoms with E-state index < -0.39 is 18.1 Å². The summed E-state index contributed by atoms with van der Waals surface area (Å²) in [6, 6.07) is 15.0. The minimum atomic E-state index is -5.08. The van der Waals surface area contributed by atoms with Gasteiger partial charge in [-0.05, 0) is 49.6 Å². The maximum Gasteiger partial charge on any atom is 0.490 e. The van der Waals surface area contributed by atoms with Crippen molar-refractivity contribution in [1.82, 2.24) is 14.7 Å². The van der Waals surface area contributed by atoms with Gasteiger partial charge in [0.25, 0.3) is 0 Å². The first-order chi connectivity index (χ1) is 19.4. The largest absolute Gasteiger partial charge is 0.490 e. The fraction of sp³-hybridized carbons (Fsp3) is 0.429. The molecule has 3 N–H and O–H groups in total. The summed E-state index contributed by atoms with van der Waals surface area (Å²) in [6.45, 7) is 7.98. The molecule has 2 aliphatic heterocycles. The number of guanidine groups is 1. The summed E-state index contributed by atoms with van der Waals surface area (Å²) < 4.78 is 31.7. The summed E-state index contributed by atoms with van der Waals surface area (Å²) >= 11 is 0. The van der Waals surface area contributed by atoms with Crippen LogP contribution in [0.15, 0.2) is 53.5 Å². The zero-order valence-corrected chi connectivity index (χ0v) is 22.7. The van der Waals surface area contributed by atoms with Crippen LogP contribution in [0.1, 0.15) is 34.3 Å². The normalized spacial score (nSPS) is 16.1. The number of benzene rings is 2. The van der Waals surface area contributed by atoms with Gasteiger partial charge in [-0.1, -0.05) is 29.8 Å². The first kappa shape index (κ1) is 31.4. The number of aliphatic carboxylic acids is 1. The Morgan fingerprint density at radius 1 is 0.854 bits per heavy atom. The summed E-state index contributed by atoms with van der Waals surface area (Å²) in [4.78, 5) is 43.9. The Labute approximate surface area is 236 Å². The fourth-order valence-corrected chi connectivity index (χ4v) is 4.28. The first-order valence-electron chi connectivity index (χ1n) is 13.2. The summed E-state index contributed by atoms with van der Waals surface area (Å²) in [7, 11) is 0. The number of nitrogens with zero attached hydrogens (tertiary/aromatic N) is 4. The number of anilines is 1. The van der Waals surface area contributed by atoms with E-state index in [1.807, 2.05) is 4.90 Å². The number of hydrogen-bond donors (Lipinski definition) is 3. The lowest BCUT2D eigenvalue weighted by atomic mass is 10.1. The van der Waals surface area contributed by atoms with Crippen LogP contribution in [0.3, 0.4) is 0 Å². The van der Waals surface area contributed by atoms with Crippen molar-refractivity contribution in [2.75, 3.05) is 51.1 Å². The second-order valence-electron chi connectivity index (χ2n) is 9.79. The van der Waals surface area contributed by atoms with E-state index in [-0.39, 0.29) is 11.5 Å².